The number of aryl methyl sites for hydroxylation is 1. The molecule has 1 rings (SSSR count). The smallest absolute Gasteiger partial charge is 0.121 e. The summed E-state index contributed by atoms with van der Waals surface area (Å²) >= 11 is 3.36. The molecule has 1 N–H and O–H groups in total. The van der Waals surface area contributed by atoms with Gasteiger partial charge in [-0.15, -0.1) is 0 Å². The Labute approximate surface area is 68.0 Å². The Kier molecular flexibility index (Phi) is 1.82. The fourth-order valence-corrected chi connectivity index (χ4v) is 1.14. The third kappa shape index (κ3) is 0.952. The first-order valence-corrected chi connectivity index (χ1v) is 3.71. The average molecular weight is 199 g/mol. The molecule has 3 heteroatoms. The number of hydrogen-bond donors (Lipinski definition) is 1. The van der Waals surface area contributed by atoms with Gasteiger partial charge in [-0.1, -0.05) is 0 Å². The van der Waals surface area contributed by atoms with E-state index in [0.29, 0.717) is 5.69 Å². The number of aromatic nitrogens is 1. The van der Waals surface area contributed by atoms with Crippen molar-refractivity contribution in [2.24, 2.45) is 0 Å². The van der Waals surface area contributed by atoms with E-state index in [0.717, 1.165) is 15.7 Å². The Bertz CT molecular complexity index is 293. The summed E-state index contributed by atoms with van der Waals surface area (Å²) in [6.07, 6.45) is 0. The van der Waals surface area contributed by atoms with Crippen LogP contribution in [0.25, 0.3) is 0 Å². The highest BCUT2D eigenvalue weighted by Crippen LogP contribution is 2.22. The number of halogens is 1. The Morgan fingerprint density at radius 3 is 2.30 bits per heavy atom. The second kappa shape index (κ2) is 2.47. The fraction of sp³-hybridized carbons (Fsp3) is 0.286. The van der Waals surface area contributed by atoms with Gasteiger partial charge in [0.1, 0.15) is 11.8 Å². The molecule has 0 aliphatic heterocycles. The molecule has 2 nitrogen and oxygen atoms in total. The highest BCUT2D eigenvalue weighted by Gasteiger charge is 2.06. The van der Waals surface area contributed by atoms with Crippen LogP contribution in [-0.4, -0.2) is 4.98 Å². The number of nitrogens with zero attached hydrogens (tertiary/aromatic N) is 1. The topological polar surface area (TPSA) is 39.6 Å². The van der Waals surface area contributed by atoms with Crippen LogP contribution < -0.4 is 0 Å². The van der Waals surface area contributed by atoms with Crippen molar-refractivity contribution in [2.45, 2.75) is 13.8 Å². The highest BCUT2D eigenvalue weighted by molar-refractivity contribution is 9.10. The molecule has 0 fully saturated rings. The van der Waals surface area contributed by atoms with Gasteiger partial charge in [0.2, 0.25) is 0 Å². The van der Waals surface area contributed by atoms with Crippen LogP contribution in [-0.2, 0) is 0 Å². The molecule has 52 valence electrons. The zero-order valence-electron chi connectivity index (χ0n) is 5.83. The van der Waals surface area contributed by atoms with Crippen molar-refractivity contribution in [2.75, 3.05) is 0 Å². The van der Waals surface area contributed by atoms with Gasteiger partial charge < -0.3 is 4.98 Å². The van der Waals surface area contributed by atoms with Crippen LogP contribution in [0, 0.1) is 25.2 Å². The van der Waals surface area contributed by atoms with Gasteiger partial charge in [-0.25, -0.2) is 0 Å². The maximum Gasteiger partial charge on any atom is 0.121 e. The first-order chi connectivity index (χ1) is 4.66. The quantitative estimate of drug-likeness (QED) is 0.683. The molecule has 0 saturated heterocycles. The van der Waals surface area contributed by atoms with Crippen molar-refractivity contribution < 1.29 is 0 Å². The van der Waals surface area contributed by atoms with Gasteiger partial charge in [0.15, 0.2) is 0 Å². The van der Waals surface area contributed by atoms with Crippen LogP contribution in [0.3, 0.4) is 0 Å². The van der Waals surface area contributed by atoms with E-state index in [-0.39, 0.29) is 0 Å². The van der Waals surface area contributed by atoms with Gasteiger partial charge in [0.25, 0.3) is 0 Å². The lowest BCUT2D eigenvalue weighted by Gasteiger charge is -1.84. The molecule has 0 atom stereocenters. The monoisotopic (exact) mass is 198 g/mol. The molecule has 0 amide bonds. The summed E-state index contributed by atoms with van der Waals surface area (Å²) in [4.78, 5) is 2.95. The molecule has 0 aromatic carbocycles. The van der Waals surface area contributed by atoms with Crippen LogP contribution in [0.15, 0.2) is 4.47 Å². The second-order valence-electron chi connectivity index (χ2n) is 2.18. The molecule has 1 heterocycles. The summed E-state index contributed by atoms with van der Waals surface area (Å²) in [5.41, 5.74) is 2.64. The second-order valence-corrected chi connectivity index (χ2v) is 2.97. The molecular weight excluding hydrogens is 192 g/mol. The standard InChI is InChI=1S/C7H7BrN2/c1-4-6(3-9)10-5(2)7(4)8/h10H,1-2H3. The number of aromatic amines is 1. The van der Waals surface area contributed by atoms with E-state index >= 15 is 0 Å². The minimum absolute atomic E-state index is 0.643. The lowest BCUT2D eigenvalue weighted by atomic mass is 10.3. The van der Waals surface area contributed by atoms with E-state index < -0.39 is 0 Å². The number of nitrogens with one attached hydrogen (secondary N) is 1. The van der Waals surface area contributed by atoms with Gasteiger partial charge in [-0.05, 0) is 35.3 Å². The van der Waals surface area contributed by atoms with Crippen LogP contribution >= 0.6 is 15.9 Å². The summed E-state index contributed by atoms with van der Waals surface area (Å²) in [6, 6.07) is 2.07. The molecule has 0 unspecified atom stereocenters. The van der Waals surface area contributed by atoms with Crippen molar-refractivity contribution in [3.63, 3.8) is 0 Å². The average Bonchev–Trinajstić information content (AvgIpc) is 2.17. The van der Waals surface area contributed by atoms with Crippen LogP contribution in [0.1, 0.15) is 17.0 Å². The summed E-state index contributed by atoms with van der Waals surface area (Å²) in [7, 11) is 0. The van der Waals surface area contributed by atoms with Gasteiger partial charge in [0, 0.05) is 10.2 Å². The van der Waals surface area contributed by atoms with Gasteiger partial charge in [-0.3, -0.25) is 0 Å². The summed E-state index contributed by atoms with van der Waals surface area (Å²) in [5, 5.41) is 8.55. The molecule has 1 aromatic rings. The molecular formula is C7H7BrN2. The maximum atomic E-state index is 8.55. The third-order valence-electron chi connectivity index (χ3n) is 1.46. The number of hydrogen-bond acceptors (Lipinski definition) is 1. The van der Waals surface area contributed by atoms with E-state index in [2.05, 4.69) is 27.0 Å². The number of nitriles is 1. The first kappa shape index (κ1) is 7.36. The third-order valence-corrected chi connectivity index (χ3v) is 2.65. The molecule has 0 spiro atoms. The normalized spacial score (nSPS) is 9.40. The summed E-state index contributed by atoms with van der Waals surface area (Å²) < 4.78 is 1.00. The van der Waals surface area contributed by atoms with Crippen molar-refractivity contribution >= 4 is 15.9 Å². The molecule has 0 aliphatic rings. The van der Waals surface area contributed by atoms with Crippen molar-refractivity contribution in [1.82, 2.24) is 4.98 Å². The summed E-state index contributed by atoms with van der Waals surface area (Å²) in [6.45, 7) is 3.84. The van der Waals surface area contributed by atoms with Gasteiger partial charge in [-0.2, -0.15) is 5.26 Å². The van der Waals surface area contributed by atoms with Crippen molar-refractivity contribution in [3.8, 4) is 6.07 Å². The van der Waals surface area contributed by atoms with Crippen LogP contribution in [0.4, 0.5) is 0 Å². The van der Waals surface area contributed by atoms with Crippen LogP contribution in [0.5, 0.6) is 0 Å². The highest BCUT2D eigenvalue weighted by atomic mass is 79.9. The molecule has 0 bridgehead atoms. The largest absolute Gasteiger partial charge is 0.349 e. The molecule has 0 aliphatic carbocycles. The Morgan fingerprint density at radius 2 is 2.10 bits per heavy atom. The zero-order chi connectivity index (χ0) is 7.72. The molecule has 1 aromatic heterocycles. The summed E-state index contributed by atoms with van der Waals surface area (Å²) in [5.74, 6) is 0. The van der Waals surface area contributed by atoms with E-state index in [9.17, 15) is 0 Å². The lowest BCUT2D eigenvalue weighted by molar-refractivity contribution is 1.22. The van der Waals surface area contributed by atoms with Gasteiger partial charge >= 0.3 is 0 Å². The molecule has 0 radical (unpaired) electrons. The van der Waals surface area contributed by atoms with Gasteiger partial charge in [0.05, 0.1) is 0 Å². The number of rotatable bonds is 0. The van der Waals surface area contributed by atoms with E-state index in [1.54, 1.807) is 0 Å². The molecule has 10 heavy (non-hydrogen) atoms. The van der Waals surface area contributed by atoms with E-state index in [1.165, 1.54) is 0 Å². The van der Waals surface area contributed by atoms with E-state index in [4.69, 9.17) is 5.26 Å². The minimum Gasteiger partial charge on any atom is -0.349 e. The predicted octanol–water partition coefficient (Wildman–Crippen LogP) is 2.27. The maximum absolute atomic E-state index is 8.55. The first-order valence-electron chi connectivity index (χ1n) is 2.91. The SMILES string of the molecule is Cc1[nH]c(C#N)c(C)c1Br. The van der Waals surface area contributed by atoms with Crippen molar-refractivity contribution in [1.29, 1.82) is 5.26 Å². The lowest BCUT2D eigenvalue weighted by Crippen LogP contribution is -1.74. The van der Waals surface area contributed by atoms with Crippen LogP contribution in [0.2, 0.25) is 0 Å². The fourth-order valence-electron chi connectivity index (χ4n) is 0.839. The minimum atomic E-state index is 0.643. The zero-order valence-corrected chi connectivity index (χ0v) is 7.41. The predicted molar refractivity (Wildman–Crippen MR) is 42.7 cm³/mol. The molecule has 0 saturated carbocycles. The number of H-pyrrole nitrogens is 1. The Morgan fingerprint density at radius 1 is 1.50 bits per heavy atom. The Balaban J connectivity index is 3.34. The Hall–Kier alpha value is -0.750. The van der Waals surface area contributed by atoms with E-state index in [1.807, 2.05) is 13.8 Å². The van der Waals surface area contributed by atoms with Crippen molar-refractivity contribution in [3.05, 3.63) is 21.4 Å².